The molecule has 3 aromatic rings. The normalized spacial score (nSPS) is 12.5. The minimum absolute atomic E-state index is 0.195. The summed E-state index contributed by atoms with van der Waals surface area (Å²) in [7, 11) is 0. The van der Waals surface area contributed by atoms with Crippen LogP contribution in [0.1, 0.15) is 27.6 Å². The number of para-hydroxylation sites is 2. The quantitative estimate of drug-likeness (QED) is 0.711. The second kappa shape index (κ2) is 7.15. The summed E-state index contributed by atoms with van der Waals surface area (Å²) < 4.78 is 19.3. The van der Waals surface area contributed by atoms with Crippen LogP contribution in [0.15, 0.2) is 66.7 Å². The number of fused-ring (bicyclic) bond motifs is 2. The van der Waals surface area contributed by atoms with E-state index in [1.54, 1.807) is 29.2 Å². The number of benzene rings is 3. The number of hydrogen-bond donors (Lipinski definition) is 1. The van der Waals surface area contributed by atoms with Crippen molar-refractivity contribution in [2.24, 2.45) is 0 Å². The maximum absolute atomic E-state index is 13.4. The van der Waals surface area contributed by atoms with Gasteiger partial charge in [-0.3, -0.25) is 9.59 Å². The van der Waals surface area contributed by atoms with Crippen molar-refractivity contribution >= 4 is 23.2 Å². The zero-order valence-corrected chi connectivity index (χ0v) is 15.1. The molecule has 1 N–H and O–H groups in total. The fraction of sp³-hybridized carbons (Fsp3) is 0.0909. The Kier molecular flexibility index (Phi) is 4.53. The van der Waals surface area contributed by atoms with Crippen LogP contribution in [0.25, 0.3) is 0 Å². The van der Waals surface area contributed by atoms with Gasteiger partial charge in [0, 0.05) is 17.8 Å². The van der Waals surface area contributed by atoms with Crippen LogP contribution in [0.2, 0.25) is 0 Å². The predicted octanol–water partition coefficient (Wildman–Crippen LogP) is 4.85. The van der Waals surface area contributed by atoms with Crippen LogP contribution in [-0.4, -0.2) is 18.4 Å². The third kappa shape index (κ3) is 3.20. The lowest BCUT2D eigenvalue weighted by Gasteiger charge is -2.19. The predicted molar refractivity (Wildman–Crippen MR) is 105 cm³/mol. The molecule has 3 aromatic carbocycles. The molecule has 0 radical (unpaired) electrons. The van der Waals surface area contributed by atoms with Gasteiger partial charge in [0.1, 0.15) is 11.6 Å². The molecule has 28 heavy (non-hydrogen) atoms. The topological polar surface area (TPSA) is 58.6 Å². The van der Waals surface area contributed by atoms with Crippen LogP contribution in [0.3, 0.4) is 0 Å². The molecule has 6 heteroatoms. The Labute approximate surface area is 161 Å². The summed E-state index contributed by atoms with van der Waals surface area (Å²) in [6.45, 7) is 2.35. The van der Waals surface area contributed by atoms with Crippen molar-refractivity contribution in [1.82, 2.24) is 0 Å². The van der Waals surface area contributed by atoms with Crippen molar-refractivity contribution in [1.29, 1.82) is 0 Å². The maximum atomic E-state index is 13.4. The van der Waals surface area contributed by atoms with Crippen LogP contribution in [0.4, 0.5) is 15.8 Å². The fourth-order valence-corrected chi connectivity index (χ4v) is 3.15. The third-order valence-electron chi connectivity index (χ3n) is 4.49. The Morgan fingerprint density at radius 1 is 1.04 bits per heavy atom. The van der Waals surface area contributed by atoms with E-state index in [9.17, 15) is 14.0 Å². The van der Waals surface area contributed by atoms with Crippen LogP contribution in [-0.2, 0) is 0 Å². The second-order valence-corrected chi connectivity index (χ2v) is 6.29. The van der Waals surface area contributed by atoms with Gasteiger partial charge in [-0.15, -0.1) is 0 Å². The maximum Gasteiger partial charge on any atom is 0.262 e. The van der Waals surface area contributed by atoms with Gasteiger partial charge in [-0.1, -0.05) is 18.2 Å². The zero-order chi connectivity index (χ0) is 19.7. The van der Waals surface area contributed by atoms with Crippen molar-refractivity contribution in [3.05, 3.63) is 83.7 Å². The molecule has 1 heterocycles. The number of nitrogens with one attached hydrogen (secondary N) is 1. The molecule has 0 fully saturated rings. The van der Waals surface area contributed by atoms with E-state index in [-0.39, 0.29) is 11.5 Å². The molecule has 5 nitrogen and oxygen atoms in total. The van der Waals surface area contributed by atoms with E-state index in [1.165, 1.54) is 18.2 Å². The molecule has 4 rings (SSSR count). The Hall–Kier alpha value is -3.67. The molecular weight excluding hydrogens is 359 g/mol. The molecule has 0 atom stereocenters. The number of carbonyl (C=O) groups excluding carboxylic acids is 2. The van der Waals surface area contributed by atoms with Gasteiger partial charge in [-0.25, -0.2) is 4.39 Å². The molecule has 0 bridgehead atoms. The van der Waals surface area contributed by atoms with E-state index in [1.807, 2.05) is 25.1 Å². The summed E-state index contributed by atoms with van der Waals surface area (Å²) in [5.41, 5.74) is 1.65. The molecule has 0 spiro atoms. The summed E-state index contributed by atoms with van der Waals surface area (Å²) >= 11 is 0. The van der Waals surface area contributed by atoms with Crippen molar-refractivity contribution in [3.8, 4) is 11.5 Å². The van der Waals surface area contributed by atoms with Crippen molar-refractivity contribution in [2.75, 3.05) is 16.8 Å². The molecular formula is C22H17FN2O3. The molecule has 2 amide bonds. The molecule has 0 saturated heterocycles. The van der Waals surface area contributed by atoms with Gasteiger partial charge in [-0.05, 0) is 55.5 Å². The van der Waals surface area contributed by atoms with Gasteiger partial charge >= 0.3 is 0 Å². The van der Waals surface area contributed by atoms with Gasteiger partial charge in [0.2, 0.25) is 0 Å². The van der Waals surface area contributed by atoms with Crippen LogP contribution in [0.5, 0.6) is 11.5 Å². The van der Waals surface area contributed by atoms with E-state index in [0.717, 1.165) is 6.07 Å². The summed E-state index contributed by atoms with van der Waals surface area (Å²) in [4.78, 5) is 27.1. The molecule has 1 aliphatic heterocycles. The van der Waals surface area contributed by atoms with Gasteiger partial charge in [0.05, 0.1) is 11.3 Å². The summed E-state index contributed by atoms with van der Waals surface area (Å²) in [6, 6.07) is 17.6. The third-order valence-corrected chi connectivity index (χ3v) is 4.49. The Balaban J connectivity index is 1.68. The van der Waals surface area contributed by atoms with Crippen LogP contribution in [0, 0.1) is 5.82 Å². The molecule has 0 aromatic heterocycles. The van der Waals surface area contributed by atoms with Crippen molar-refractivity contribution in [3.63, 3.8) is 0 Å². The van der Waals surface area contributed by atoms with E-state index >= 15 is 0 Å². The lowest BCUT2D eigenvalue weighted by atomic mass is 10.1. The highest BCUT2D eigenvalue weighted by molar-refractivity contribution is 6.11. The summed E-state index contributed by atoms with van der Waals surface area (Å²) in [6.07, 6.45) is 0. The fourth-order valence-electron chi connectivity index (χ4n) is 3.15. The van der Waals surface area contributed by atoms with Gasteiger partial charge in [-0.2, -0.15) is 0 Å². The lowest BCUT2D eigenvalue weighted by molar-refractivity contribution is 0.0985. The molecule has 0 unspecified atom stereocenters. The number of amides is 2. The average molecular weight is 376 g/mol. The molecule has 0 aliphatic carbocycles. The summed E-state index contributed by atoms with van der Waals surface area (Å²) in [5, 5.41) is 2.70. The Morgan fingerprint density at radius 3 is 2.64 bits per heavy atom. The molecule has 140 valence electrons. The number of hydrogen-bond acceptors (Lipinski definition) is 3. The highest BCUT2D eigenvalue weighted by Gasteiger charge is 2.27. The number of rotatable bonds is 3. The first-order chi connectivity index (χ1) is 13.6. The van der Waals surface area contributed by atoms with Crippen molar-refractivity contribution in [2.45, 2.75) is 6.92 Å². The number of ether oxygens (including phenoxy) is 1. The van der Waals surface area contributed by atoms with Gasteiger partial charge in [0.25, 0.3) is 11.8 Å². The molecule has 0 saturated carbocycles. The van der Waals surface area contributed by atoms with E-state index in [2.05, 4.69) is 5.32 Å². The smallest absolute Gasteiger partial charge is 0.262 e. The Bertz CT molecular complexity index is 1080. The highest BCUT2D eigenvalue weighted by atomic mass is 19.1. The van der Waals surface area contributed by atoms with Crippen molar-refractivity contribution < 1.29 is 18.7 Å². The second-order valence-electron chi connectivity index (χ2n) is 6.29. The molecule has 1 aliphatic rings. The van der Waals surface area contributed by atoms with E-state index in [0.29, 0.717) is 35.0 Å². The first-order valence-electron chi connectivity index (χ1n) is 8.86. The first kappa shape index (κ1) is 17.7. The Morgan fingerprint density at radius 2 is 1.86 bits per heavy atom. The standard InChI is InChI=1S/C22H17FN2O3/c1-2-25-18-8-3-4-9-20(18)28-19-11-10-16(13-17(19)22(25)27)24-21(26)14-6-5-7-15(23)12-14/h3-13H,2H2,1H3,(H,24,26). The monoisotopic (exact) mass is 376 g/mol. The largest absolute Gasteiger partial charge is 0.454 e. The minimum Gasteiger partial charge on any atom is -0.454 e. The number of carbonyl (C=O) groups is 2. The minimum atomic E-state index is -0.491. The van der Waals surface area contributed by atoms with Crippen LogP contribution >= 0.6 is 0 Å². The van der Waals surface area contributed by atoms with E-state index < -0.39 is 11.7 Å². The average Bonchev–Trinajstić information content (AvgIpc) is 2.82. The highest BCUT2D eigenvalue weighted by Crippen LogP contribution is 2.39. The zero-order valence-electron chi connectivity index (χ0n) is 15.1. The van der Waals surface area contributed by atoms with Gasteiger partial charge in [0.15, 0.2) is 5.75 Å². The van der Waals surface area contributed by atoms with E-state index in [4.69, 9.17) is 4.74 Å². The SMILES string of the molecule is CCN1C(=O)c2cc(NC(=O)c3cccc(F)c3)ccc2Oc2ccccc21. The number of nitrogens with zero attached hydrogens (tertiary/aromatic N) is 1. The number of anilines is 2. The lowest BCUT2D eigenvalue weighted by Crippen LogP contribution is -2.29. The van der Waals surface area contributed by atoms with Gasteiger partial charge < -0.3 is 15.0 Å². The summed E-state index contributed by atoms with van der Waals surface area (Å²) in [5.74, 6) is -0.166. The van der Waals surface area contributed by atoms with Crippen LogP contribution < -0.4 is 15.0 Å². The first-order valence-corrected chi connectivity index (χ1v) is 8.86. The number of halogens is 1.